The average molecular weight is 378 g/mol. The number of fused-ring (bicyclic) bond motifs is 3. The van der Waals surface area contributed by atoms with Gasteiger partial charge < -0.3 is 14.3 Å². The molecule has 1 N–H and O–H groups in total. The minimum Gasteiger partial charge on any atom is -0.468 e. The summed E-state index contributed by atoms with van der Waals surface area (Å²) >= 11 is 0. The second-order valence-electron chi connectivity index (χ2n) is 7.98. The number of hydrogen-bond donors (Lipinski definition) is 1. The molecule has 28 heavy (non-hydrogen) atoms. The third-order valence-electron chi connectivity index (χ3n) is 5.99. The molecule has 2 aliphatic rings. The molecule has 1 amide bonds. The highest BCUT2D eigenvalue weighted by Crippen LogP contribution is 2.24. The second kappa shape index (κ2) is 7.43. The van der Waals surface area contributed by atoms with Crippen molar-refractivity contribution < 1.29 is 9.21 Å². The third-order valence-corrected chi connectivity index (χ3v) is 5.99. The first-order valence-electron chi connectivity index (χ1n) is 10.3. The Morgan fingerprint density at radius 3 is 2.89 bits per heavy atom. The highest BCUT2D eigenvalue weighted by atomic mass is 16.3. The monoisotopic (exact) mass is 378 g/mol. The van der Waals surface area contributed by atoms with Gasteiger partial charge in [0.1, 0.15) is 11.6 Å². The molecule has 3 aromatic rings. The quantitative estimate of drug-likeness (QED) is 0.752. The predicted octanol–water partition coefficient (Wildman–Crippen LogP) is 3.71. The number of nitrogens with one attached hydrogen (secondary N) is 1. The fourth-order valence-corrected chi connectivity index (χ4v) is 4.49. The highest BCUT2D eigenvalue weighted by molar-refractivity contribution is 5.97. The largest absolute Gasteiger partial charge is 0.468 e. The van der Waals surface area contributed by atoms with Gasteiger partial charge in [-0.1, -0.05) is 19.3 Å². The van der Waals surface area contributed by atoms with Gasteiger partial charge in [-0.2, -0.15) is 0 Å². The molecule has 0 atom stereocenters. The van der Waals surface area contributed by atoms with E-state index in [2.05, 4.69) is 14.8 Å². The Hall–Kier alpha value is -2.60. The summed E-state index contributed by atoms with van der Waals surface area (Å²) in [6.07, 6.45) is 7.62. The van der Waals surface area contributed by atoms with Gasteiger partial charge >= 0.3 is 0 Å². The molecule has 0 saturated heterocycles. The van der Waals surface area contributed by atoms with Crippen molar-refractivity contribution in [1.29, 1.82) is 0 Å². The number of furan rings is 1. The first-order valence-corrected chi connectivity index (χ1v) is 10.3. The van der Waals surface area contributed by atoms with Gasteiger partial charge in [-0.25, -0.2) is 4.98 Å². The summed E-state index contributed by atoms with van der Waals surface area (Å²) in [5.41, 5.74) is 2.73. The van der Waals surface area contributed by atoms with Crippen LogP contribution in [0.5, 0.6) is 0 Å². The molecule has 1 saturated carbocycles. The minimum absolute atomic E-state index is 0.0271. The number of carbonyl (C=O) groups excluding carboxylic acids is 1. The first-order chi connectivity index (χ1) is 13.8. The third kappa shape index (κ3) is 3.44. The van der Waals surface area contributed by atoms with E-state index >= 15 is 0 Å². The molecule has 0 bridgehead atoms. The molecular formula is C22H26N4O2. The molecule has 1 aliphatic carbocycles. The number of carbonyl (C=O) groups is 1. The van der Waals surface area contributed by atoms with Gasteiger partial charge in [0.15, 0.2) is 0 Å². The molecule has 0 unspecified atom stereocenters. The summed E-state index contributed by atoms with van der Waals surface area (Å²) in [6, 6.07) is 10.2. The van der Waals surface area contributed by atoms with E-state index in [0.717, 1.165) is 61.6 Å². The zero-order valence-corrected chi connectivity index (χ0v) is 16.1. The fourth-order valence-electron chi connectivity index (χ4n) is 4.49. The summed E-state index contributed by atoms with van der Waals surface area (Å²) in [5.74, 6) is 2.06. The van der Waals surface area contributed by atoms with Crippen LogP contribution in [0.15, 0.2) is 41.0 Å². The Morgan fingerprint density at radius 2 is 2.07 bits per heavy atom. The summed E-state index contributed by atoms with van der Waals surface area (Å²) < 4.78 is 7.75. The van der Waals surface area contributed by atoms with Gasteiger partial charge in [0, 0.05) is 24.7 Å². The van der Waals surface area contributed by atoms with E-state index in [4.69, 9.17) is 9.40 Å². The maximum Gasteiger partial charge on any atom is 0.251 e. The number of imidazole rings is 1. The zero-order chi connectivity index (χ0) is 18.9. The van der Waals surface area contributed by atoms with Crippen molar-refractivity contribution >= 4 is 16.9 Å². The molecule has 1 fully saturated rings. The number of benzene rings is 1. The van der Waals surface area contributed by atoms with Crippen molar-refractivity contribution in [2.24, 2.45) is 0 Å². The van der Waals surface area contributed by atoms with Gasteiger partial charge in [-0.3, -0.25) is 9.69 Å². The van der Waals surface area contributed by atoms with Crippen LogP contribution in [0.4, 0.5) is 0 Å². The molecule has 0 radical (unpaired) electrons. The van der Waals surface area contributed by atoms with Crippen LogP contribution in [0, 0.1) is 0 Å². The van der Waals surface area contributed by atoms with E-state index in [1.165, 1.54) is 19.3 Å². The molecule has 2 aromatic heterocycles. The standard InChI is InChI=1S/C22H26N4O2/c27-22(23-17-5-2-1-3-6-17)16-8-9-20-19(13-16)24-21-15-25(10-11-26(20)21)14-18-7-4-12-28-18/h4,7-9,12-13,17H,1-3,5-6,10-11,14-15H2,(H,23,27). The average Bonchev–Trinajstić information content (AvgIpc) is 3.35. The topological polar surface area (TPSA) is 63.3 Å². The molecule has 1 aliphatic heterocycles. The minimum atomic E-state index is 0.0271. The van der Waals surface area contributed by atoms with E-state index in [1.807, 2.05) is 30.3 Å². The molecule has 5 rings (SSSR count). The van der Waals surface area contributed by atoms with Crippen LogP contribution in [-0.4, -0.2) is 32.9 Å². The number of aromatic nitrogens is 2. The molecule has 6 heteroatoms. The Balaban J connectivity index is 1.33. The zero-order valence-electron chi connectivity index (χ0n) is 16.1. The molecule has 146 valence electrons. The van der Waals surface area contributed by atoms with Crippen LogP contribution >= 0.6 is 0 Å². The normalized spacial score (nSPS) is 18.3. The van der Waals surface area contributed by atoms with E-state index in [0.29, 0.717) is 11.6 Å². The number of rotatable bonds is 4. The first kappa shape index (κ1) is 17.5. The van der Waals surface area contributed by atoms with E-state index in [9.17, 15) is 4.79 Å². The van der Waals surface area contributed by atoms with Crippen LogP contribution in [0.1, 0.15) is 54.0 Å². The van der Waals surface area contributed by atoms with E-state index < -0.39 is 0 Å². The van der Waals surface area contributed by atoms with Crippen molar-refractivity contribution in [2.45, 2.75) is 57.8 Å². The van der Waals surface area contributed by atoms with Crippen molar-refractivity contribution in [1.82, 2.24) is 19.8 Å². The Kier molecular flexibility index (Phi) is 4.64. The van der Waals surface area contributed by atoms with Gasteiger partial charge in [0.05, 0.1) is 30.4 Å². The summed E-state index contributed by atoms with van der Waals surface area (Å²) in [6.45, 7) is 3.45. The van der Waals surface area contributed by atoms with Crippen LogP contribution in [0.25, 0.3) is 11.0 Å². The highest BCUT2D eigenvalue weighted by Gasteiger charge is 2.22. The Labute approximate surface area is 164 Å². The van der Waals surface area contributed by atoms with Crippen LogP contribution in [0.3, 0.4) is 0 Å². The molecule has 1 aromatic carbocycles. The van der Waals surface area contributed by atoms with Gasteiger partial charge in [0.25, 0.3) is 5.91 Å². The predicted molar refractivity (Wildman–Crippen MR) is 107 cm³/mol. The van der Waals surface area contributed by atoms with Crippen molar-refractivity contribution in [2.75, 3.05) is 6.54 Å². The maximum absolute atomic E-state index is 12.7. The lowest BCUT2D eigenvalue weighted by molar-refractivity contribution is 0.0928. The number of amides is 1. The fraction of sp³-hybridized carbons (Fsp3) is 0.455. The van der Waals surface area contributed by atoms with Gasteiger partial charge in [0.2, 0.25) is 0 Å². The maximum atomic E-state index is 12.7. The van der Waals surface area contributed by atoms with Gasteiger partial charge in [-0.15, -0.1) is 0 Å². The van der Waals surface area contributed by atoms with Crippen molar-refractivity contribution in [3.05, 3.63) is 53.7 Å². The molecule has 3 heterocycles. The van der Waals surface area contributed by atoms with Crippen LogP contribution < -0.4 is 5.32 Å². The number of hydrogen-bond acceptors (Lipinski definition) is 4. The van der Waals surface area contributed by atoms with Crippen molar-refractivity contribution in [3.8, 4) is 0 Å². The number of nitrogens with zero attached hydrogens (tertiary/aromatic N) is 3. The molecule has 6 nitrogen and oxygen atoms in total. The molecular weight excluding hydrogens is 352 g/mol. The lowest BCUT2D eigenvalue weighted by Crippen LogP contribution is -2.36. The second-order valence-corrected chi connectivity index (χ2v) is 7.98. The summed E-state index contributed by atoms with van der Waals surface area (Å²) in [7, 11) is 0. The van der Waals surface area contributed by atoms with Gasteiger partial charge in [-0.05, 0) is 43.2 Å². The lowest BCUT2D eigenvalue weighted by atomic mass is 9.95. The summed E-state index contributed by atoms with van der Waals surface area (Å²) in [5, 5.41) is 3.20. The lowest BCUT2D eigenvalue weighted by Gasteiger charge is -2.26. The van der Waals surface area contributed by atoms with E-state index in [-0.39, 0.29) is 5.91 Å². The Morgan fingerprint density at radius 1 is 1.18 bits per heavy atom. The summed E-state index contributed by atoms with van der Waals surface area (Å²) in [4.78, 5) is 19.8. The molecule has 0 spiro atoms. The van der Waals surface area contributed by atoms with Crippen molar-refractivity contribution in [3.63, 3.8) is 0 Å². The van der Waals surface area contributed by atoms with E-state index in [1.54, 1.807) is 6.26 Å². The Bertz CT molecular complexity index is 970. The van der Waals surface area contributed by atoms with Crippen LogP contribution in [0.2, 0.25) is 0 Å². The SMILES string of the molecule is O=C(NC1CCCCC1)c1ccc2c(c1)nc1n2CCN(Cc2ccco2)C1. The van der Waals surface area contributed by atoms with Crippen LogP contribution in [-0.2, 0) is 19.6 Å². The smallest absolute Gasteiger partial charge is 0.251 e.